The lowest BCUT2D eigenvalue weighted by Gasteiger charge is -2.29. The average Bonchev–Trinajstić information content (AvgIpc) is 3.11. The predicted octanol–water partition coefficient (Wildman–Crippen LogP) is 2.59. The molecule has 1 saturated carbocycles. The molecule has 1 heterocycles. The van der Waals surface area contributed by atoms with Crippen LogP contribution in [0.15, 0.2) is 0 Å². The molecule has 0 bridgehead atoms. The molecule has 17 heavy (non-hydrogen) atoms. The van der Waals surface area contributed by atoms with Gasteiger partial charge in [-0.25, -0.2) is 0 Å². The largest absolute Gasteiger partial charge is 0.315 e. The van der Waals surface area contributed by atoms with Crippen molar-refractivity contribution in [3.8, 4) is 0 Å². The van der Waals surface area contributed by atoms with Crippen LogP contribution in [0.3, 0.4) is 0 Å². The van der Waals surface area contributed by atoms with Crippen LogP contribution in [0.2, 0.25) is 0 Å². The lowest BCUT2D eigenvalue weighted by molar-refractivity contribution is 0.199. The number of hydrogen-bond donors (Lipinski definition) is 1. The molecule has 1 saturated heterocycles. The quantitative estimate of drug-likeness (QED) is 0.754. The molecule has 0 amide bonds. The molecule has 0 radical (unpaired) electrons. The van der Waals surface area contributed by atoms with Gasteiger partial charge >= 0.3 is 0 Å². The molecule has 0 spiro atoms. The normalized spacial score (nSPS) is 25.8. The van der Waals surface area contributed by atoms with E-state index in [0.29, 0.717) is 4.75 Å². The summed E-state index contributed by atoms with van der Waals surface area (Å²) >= 11 is 2.05. The van der Waals surface area contributed by atoms with E-state index in [9.17, 15) is 0 Å². The van der Waals surface area contributed by atoms with Crippen molar-refractivity contribution in [2.24, 2.45) is 5.92 Å². The van der Waals surface area contributed by atoms with Crippen LogP contribution in [0, 0.1) is 5.92 Å². The first-order chi connectivity index (χ1) is 8.24. The fraction of sp³-hybridized carbons (Fsp3) is 1.00. The Morgan fingerprint density at radius 2 is 1.94 bits per heavy atom. The van der Waals surface area contributed by atoms with Crippen molar-refractivity contribution in [1.29, 1.82) is 0 Å². The smallest absolute Gasteiger partial charge is 0.0282 e. The van der Waals surface area contributed by atoms with Gasteiger partial charge in [0.05, 0.1) is 0 Å². The van der Waals surface area contributed by atoms with E-state index in [4.69, 9.17) is 0 Å². The van der Waals surface area contributed by atoms with Gasteiger partial charge in [0.25, 0.3) is 0 Å². The van der Waals surface area contributed by atoms with E-state index in [1.165, 1.54) is 64.8 Å². The average molecular weight is 256 g/mol. The minimum Gasteiger partial charge on any atom is -0.315 e. The number of piperidine rings is 1. The van der Waals surface area contributed by atoms with Crippen LogP contribution in [-0.2, 0) is 0 Å². The zero-order valence-corrected chi connectivity index (χ0v) is 12.3. The highest BCUT2D eigenvalue weighted by Crippen LogP contribution is 2.46. The standard InChI is InChI=1S/C14H28N2S/c1-13(11-16-8-4-3-5-9-16)10-15-12-14(17-2)6-7-14/h13,15H,3-12H2,1-2H3. The fourth-order valence-electron chi connectivity index (χ4n) is 2.79. The Kier molecular flexibility index (Phi) is 5.19. The zero-order chi connectivity index (χ0) is 12.1. The molecular formula is C14H28N2S. The molecule has 1 N–H and O–H groups in total. The number of nitrogens with zero attached hydrogens (tertiary/aromatic N) is 1. The first-order valence-electron chi connectivity index (χ1n) is 7.22. The molecule has 2 nitrogen and oxygen atoms in total. The minimum atomic E-state index is 0.616. The summed E-state index contributed by atoms with van der Waals surface area (Å²) in [6.45, 7) is 8.76. The summed E-state index contributed by atoms with van der Waals surface area (Å²) in [5.41, 5.74) is 0. The third-order valence-corrected chi connectivity index (χ3v) is 5.62. The Morgan fingerprint density at radius 1 is 1.24 bits per heavy atom. The van der Waals surface area contributed by atoms with Crippen LogP contribution in [-0.4, -0.2) is 48.6 Å². The van der Waals surface area contributed by atoms with Crippen LogP contribution < -0.4 is 5.32 Å². The van der Waals surface area contributed by atoms with Gasteiger partial charge < -0.3 is 10.2 Å². The van der Waals surface area contributed by atoms with Gasteiger partial charge in [0, 0.05) is 17.8 Å². The maximum atomic E-state index is 3.68. The van der Waals surface area contributed by atoms with Gasteiger partial charge in [-0.15, -0.1) is 0 Å². The van der Waals surface area contributed by atoms with Crippen LogP contribution in [0.4, 0.5) is 0 Å². The highest BCUT2D eigenvalue weighted by Gasteiger charge is 2.41. The van der Waals surface area contributed by atoms with E-state index in [0.717, 1.165) is 5.92 Å². The molecule has 2 rings (SSSR count). The van der Waals surface area contributed by atoms with Crippen molar-refractivity contribution in [2.45, 2.75) is 43.8 Å². The Bertz CT molecular complexity index is 222. The summed E-state index contributed by atoms with van der Waals surface area (Å²) < 4.78 is 0.616. The molecule has 0 aromatic carbocycles. The number of likely N-dealkylation sites (tertiary alicyclic amines) is 1. The Balaban J connectivity index is 1.55. The second kappa shape index (κ2) is 6.44. The minimum absolute atomic E-state index is 0.616. The summed E-state index contributed by atoms with van der Waals surface area (Å²) in [6.07, 6.45) is 9.36. The van der Waals surface area contributed by atoms with E-state index in [2.05, 4.69) is 35.2 Å². The second-order valence-electron chi connectivity index (χ2n) is 5.98. The molecule has 1 aliphatic heterocycles. The van der Waals surface area contributed by atoms with Gasteiger partial charge in [-0.05, 0) is 57.5 Å². The lowest BCUT2D eigenvalue weighted by atomic mass is 10.1. The Morgan fingerprint density at radius 3 is 2.53 bits per heavy atom. The fourth-order valence-corrected chi connectivity index (χ4v) is 3.54. The topological polar surface area (TPSA) is 15.3 Å². The third kappa shape index (κ3) is 4.46. The highest BCUT2D eigenvalue weighted by molar-refractivity contribution is 8.00. The summed E-state index contributed by atoms with van der Waals surface area (Å²) in [6, 6.07) is 0. The second-order valence-corrected chi connectivity index (χ2v) is 7.26. The predicted molar refractivity (Wildman–Crippen MR) is 77.8 cm³/mol. The van der Waals surface area contributed by atoms with E-state index >= 15 is 0 Å². The first kappa shape index (κ1) is 13.7. The third-order valence-electron chi connectivity index (χ3n) is 4.20. The van der Waals surface area contributed by atoms with Gasteiger partial charge in [-0.3, -0.25) is 0 Å². The highest BCUT2D eigenvalue weighted by atomic mass is 32.2. The van der Waals surface area contributed by atoms with Crippen molar-refractivity contribution >= 4 is 11.8 Å². The SMILES string of the molecule is CSC1(CNCC(C)CN2CCCCC2)CC1. The van der Waals surface area contributed by atoms with Gasteiger partial charge in [0.2, 0.25) is 0 Å². The summed E-state index contributed by atoms with van der Waals surface area (Å²) in [5.74, 6) is 0.797. The number of thioether (sulfide) groups is 1. The number of nitrogens with one attached hydrogen (secondary N) is 1. The molecular weight excluding hydrogens is 228 g/mol. The molecule has 1 atom stereocenters. The Hall–Kier alpha value is 0.270. The molecule has 1 unspecified atom stereocenters. The van der Waals surface area contributed by atoms with Crippen molar-refractivity contribution in [2.75, 3.05) is 39.0 Å². The maximum absolute atomic E-state index is 3.68. The number of hydrogen-bond acceptors (Lipinski definition) is 3. The molecule has 1 aliphatic carbocycles. The summed E-state index contributed by atoms with van der Waals surface area (Å²) in [5, 5.41) is 3.68. The van der Waals surface area contributed by atoms with Crippen molar-refractivity contribution in [3.63, 3.8) is 0 Å². The van der Waals surface area contributed by atoms with E-state index in [1.54, 1.807) is 0 Å². The van der Waals surface area contributed by atoms with Crippen LogP contribution >= 0.6 is 11.8 Å². The summed E-state index contributed by atoms with van der Waals surface area (Å²) in [4.78, 5) is 2.65. The molecule has 3 heteroatoms. The first-order valence-corrected chi connectivity index (χ1v) is 8.45. The molecule has 2 fully saturated rings. The van der Waals surface area contributed by atoms with E-state index in [1.807, 2.05) is 0 Å². The van der Waals surface area contributed by atoms with Crippen molar-refractivity contribution < 1.29 is 0 Å². The van der Waals surface area contributed by atoms with E-state index < -0.39 is 0 Å². The van der Waals surface area contributed by atoms with Crippen molar-refractivity contribution in [1.82, 2.24) is 10.2 Å². The van der Waals surface area contributed by atoms with Gasteiger partial charge in [-0.1, -0.05) is 13.3 Å². The monoisotopic (exact) mass is 256 g/mol. The zero-order valence-electron chi connectivity index (χ0n) is 11.5. The van der Waals surface area contributed by atoms with Crippen LogP contribution in [0.5, 0.6) is 0 Å². The molecule has 0 aromatic heterocycles. The van der Waals surface area contributed by atoms with Gasteiger partial charge in [0.15, 0.2) is 0 Å². The molecule has 100 valence electrons. The maximum Gasteiger partial charge on any atom is 0.0282 e. The lowest BCUT2D eigenvalue weighted by Crippen LogP contribution is -2.38. The van der Waals surface area contributed by atoms with E-state index in [-0.39, 0.29) is 0 Å². The number of rotatable bonds is 7. The Labute approximate surface area is 111 Å². The van der Waals surface area contributed by atoms with Gasteiger partial charge in [0.1, 0.15) is 0 Å². The van der Waals surface area contributed by atoms with Crippen molar-refractivity contribution in [3.05, 3.63) is 0 Å². The van der Waals surface area contributed by atoms with Gasteiger partial charge in [-0.2, -0.15) is 11.8 Å². The van der Waals surface area contributed by atoms with Crippen LogP contribution in [0.1, 0.15) is 39.0 Å². The molecule has 2 aliphatic rings. The van der Waals surface area contributed by atoms with Crippen LogP contribution in [0.25, 0.3) is 0 Å². The molecule has 0 aromatic rings. The summed E-state index contributed by atoms with van der Waals surface area (Å²) in [7, 11) is 0.